The third kappa shape index (κ3) is 4.62. The molecule has 1 atom stereocenters. The fraction of sp³-hybridized carbons (Fsp3) is 0.389. The average Bonchev–Trinajstić information content (AvgIpc) is 3.29. The summed E-state index contributed by atoms with van der Waals surface area (Å²) in [5.41, 5.74) is 0.837. The summed E-state index contributed by atoms with van der Waals surface area (Å²) in [6.45, 7) is 1.09. The molecular weight excluding hydrogens is 360 g/mol. The Morgan fingerprint density at radius 1 is 1.35 bits per heavy atom. The van der Waals surface area contributed by atoms with Crippen LogP contribution < -0.4 is 0 Å². The molecule has 1 aromatic heterocycles. The molecule has 0 aliphatic carbocycles. The molecule has 1 amide bonds. The van der Waals surface area contributed by atoms with E-state index in [1.165, 1.54) is 11.0 Å². The van der Waals surface area contributed by atoms with E-state index in [0.717, 1.165) is 12.8 Å². The van der Waals surface area contributed by atoms with Crippen LogP contribution in [-0.4, -0.2) is 52.8 Å². The Labute approximate surface area is 155 Å². The van der Waals surface area contributed by atoms with Crippen molar-refractivity contribution in [3.63, 3.8) is 0 Å². The normalized spacial score (nSPS) is 16.6. The zero-order chi connectivity index (χ0) is 18.5. The van der Waals surface area contributed by atoms with Gasteiger partial charge in [0.05, 0.1) is 12.5 Å². The van der Waals surface area contributed by atoms with E-state index in [9.17, 15) is 9.59 Å². The Bertz CT molecular complexity index is 785. The number of aromatic nitrogens is 1. The first kappa shape index (κ1) is 18.4. The molecular formula is C18H19ClN2O5. The molecule has 2 aromatic rings. The summed E-state index contributed by atoms with van der Waals surface area (Å²) in [6.07, 6.45) is 1.57. The van der Waals surface area contributed by atoms with Crippen LogP contribution in [0.3, 0.4) is 0 Å². The summed E-state index contributed by atoms with van der Waals surface area (Å²) in [4.78, 5) is 25.2. The van der Waals surface area contributed by atoms with Gasteiger partial charge in [0.2, 0.25) is 0 Å². The van der Waals surface area contributed by atoms with Crippen LogP contribution in [0.25, 0.3) is 11.3 Å². The molecule has 1 aromatic carbocycles. The number of rotatable bonds is 7. The van der Waals surface area contributed by atoms with Crippen LogP contribution in [0.2, 0.25) is 5.02 Å². The number of nitrogens with zero attached hydrogens (tertiary/aromatic N) is 2. The predicted molar refractivity (Wildman–Crippen MR) is 94.1 cm³/mol. The van der Waals surface area contributed by atoms with Crippen LogP contribution in [0.4, 0.5) is 0 Å². The molecule has 3 rings (SSSR count). The molecule has 0 radical (unpaired) electrons. The van der Waals surface area contributed by atoms with Crippen molar-refractivity contribution in [3.8, 4) is 11.3 Å². The van der Waals surface area contributed by atoms with Crippen LogP contribution in [0, 0.1) is 0 Å². The van der Waals surface area contributed by atoms with Crippen molar-refractivity contribution in [3.05, 3.63) is 41.0 Å². The van der Waals surface area contributed by atoms with Crippen molar-refractivity contribution < 1.29 is 24.0 Å². The fourth-order valence-electron chi connectivity index (χ4n) is 2.86. The van der Waals surface area contributed by atoms with Gasteiger partial charge < -0.3 is 19.3 Å². The molecule has 1 unspecified atom stereocenters. The maximum absolute atomic E-state index is 12.8. The van der Waals surface area contributed by atoms with E-state index < -0.39 is 5.97 Å². The van der Waals surface area contributed by atoms with E-state index in [4.69, 9.17) is 26.0 Å². The number of carbonyl (C=O) groups excluding carboxylic acids is 1. The number of amides is 1. The van der Waals surface area contributed by atoms with Gasteiger partial charge in [0.15, 0.2) is 11.5 Å². The van der Waals surface area contributed by atoms with E-state index in [1.54, 1.807) is 24.3 Å². The lowest BCUT2D eigenvalue weighted by Crippen LogP contribution is -2.39. The first-order valence-corrected chi connectivity index (χ1v) is 8.76. The summed E-state index contributed by atoms with van der Waals surface area (Å²) in [5, 5.41) is 13.3. The molecule has 1 saturated heterocycles. The third-order valence-corrected chi connectivity index (χ3v) is 4.40. The van der Waals surface area contributed by atoms with Gasteiger partial charge in [-0.25, -0.2) is 0 Å². The maximum Gasteiger partial charge on any atom is 0.305 e. The first-order valence-electron chi connectivity index (χ1n) is 8.38. The number of ether oxygens (including phenoxy) is 1. The topological polar surface area (TPSA) is 92.9 Å². The molecule has 26 heavy (non-hydrogen) atoms. The highest BCUT2D eigenvalue weighted by Gasteiger charge is 2.26. The number of carboxylic acid groups (broad SMARTS) is 1. The van der Waals surface area contributed by atoms with Crippen LogP contribution in [0.1, 0.15) is 29.8 Å². The van der Waals surface area contributed by atoms with Crippen LogP contribution in [0.15, 0.2) is 34.9 Å². The van der Waals surface area contributed by atoms with Crippen LogP contribution >= 0.6 is 11.6 Å². The molecule has 1 aliphatic rings. The highest BCUT2D eigenvalue weighted by atomic mass is 35.5. The second-order valence-corrected chi connectivity index (χ2v) is 6.55. The average molecular weight is 379 g/mol. The van der Waals surface area contributed by atoms with E-state index in [1.807, 2.05) is 0 Å². The maximum atomic E-state index is 12.8. The summed E-state index contributed by atoms with van der Waals surface area (Å²) in [6, 6.07) is 8.57. The van der Waals surface area contributed by atoms with E-state index >= 15 is 0 Å². The molecule has 138 valence electrons. The zero-order valence-electron chi connectivity index (χ0n) is 14.1. The second kappa shape index (κ2) is 8.33. The van der Waals surface area contributed by atoms with Gasteiger partial charge >= 0.3 is 5.97 Å². The number of benzene rings is 1. The van der Waals surface area contributed by atoms with E-state index in [0.29, 0.717) is 29.5 Å². The Balaban J connectivity index is 1.75. The minimum atomic E-state index is -0.963. The summed E-state index contributed by atoms with van der Waals surface area (Å²) >= 11 is 5.97. The third-order valence-electron chi connectivity index (χ3n) is 4.17. The van der Waals surface area contributed by atoms with Crippen molar-refractivity contribution in [2.45, 2.75) is 25.4 Å². The first-order chi connectivity index (χ1) is 12.5. The molecule has 0 saturated carbocycles. The zero-order valence-corrected chi connectivity index (χ0v) is 14.8. The second-order valence-electron chi connectivity index (χ2n) is 6.12. The highest BCUT2D eigenvalue weighted by Crippen LogP contribution is 2.24. The standard InChI is InChI=1S/C18H19ClN2O5/c19-13-4-1-3-12(9-13)16-10-15(20-26-16)18(24)21(7-6-17(22)23)11-14-5-2-8-25-14/h1,3-4,9-10,14H,2,5-8,11H2,(H,22,23). The number of halogens is 1. The van der Waals surface area contributed by atoms with Gasteiger partial charge in [-0.2, -0.15) is 0 Å². The minimum absolute atomic E-state index is 0.0768. The van der Waals surface area contributed by atoms with Crippen LogP contribution in [-0.2, 0) is 9.53 Å². The van der Waals surface area contributed by atoms with Gasteiger partial charge in [-0.15, -0.1) is 0 Å². The summed E-state index contributed by atoms with van der Waals surface area (Å²) in [7, 11) is 0. The number of carboxylic acids is 1. The van der Waals surface area contributed by atoms with Crippen molar-refractivity contribution in [2.75, 3.05) is 19.7 Å². The lowest BCUT2D eigenvalue weighted by atomic mass is 10.1. The number of hydrogen-bond donors (Lipinski definition) is 1. The molecule has 0 spiro atoms. The lowest BCUT2D eigenvalue weighted by Gasteiger charge is -2.23. The van der Waals surface area contributed by atoms with E-state index in [2.05, 4.69) is 5.16 Å². The van der Waals surface area contributed by atoms with Crippen LogP contribution in [0.5, 0.6) is 0 Å². The molecule has 2 heterocycles. The highest BCUT2D eigenvalue weighted by molar-refractivity contribution is 6.30. The van der Waals surface area contributed by atoms with Crippen molar-refractivity contribution in [1.82, 2.24) is 10.1 Å². The van der Waals surface area contributed by atoms with Crippen molar-refractivity contribution in [1.29, 1.82) is 0 Å². The summed E-state index contributed by atoms with van der Waals surface area (Å²) < 4.78 is 10.8. The number of carbonyl (C=O) groups is 2. The SMILES string of the molecule is O=C(O)CCN(CC1CCCO1)C(=O)c1cc(-c2cccc(Cl)c2)on1. The lowest BCUT2D eigenvalue weighted by molar-refractivity contribution is -0.137. The van der Waals surface area contributed by atoms with Crippen molar-refractivity contribution in [2.24, 2.45) is 0 Å². The predicted octanol–water partition coefficient (Wildman–Crippen LogP) is 3.09. The summed E-state index contributed by atoms with van der Waals surface area (Å²) in [5.74, 6) is -0.917. The van der Waals surface area contributed by atoms with Crippen molar-refractivity contribution >= 4 is 23.5 Å². The quantitative estimate of drug-likeness (QED) is 0.795. The van der Waals surface area contributed by atoms with Gasteiger partial charge in [0.1, 0.15) is 0 Å². The molecule has 1 N–H and O–H groups in total. The minimum Gasteiger partial charge on any atom is -0.481 e. The molecule has 1 aliphatic heterocycles. The largest absolute Gasteiger partial charge is 0.481 e. The molecule has 8 heteroatoms. The fourth-order valence-corrected chi connectivity index (χ4v) is 3.05. The van der Waals surface area contributed by atoms with E-state index in [-0.39, 0.29) is 30.7 Å². The van der Waals surface area contributed by atoms with Gasteiger partial charge in [0, 0.05) is 36.3 Å². The number of hydrogen-bond acceptors (Lipinski definition) is 5. The molecule has 0 bridgehead atoms. The van der Waals surface area contributed by atoms with Gasteiger partial charge in [0.25, 0.3) is 5.91 Å². The molecule has 7 nitrogen and oxygen atoms in total. The Morgan fingerprint density at radius 3 is 2.88 bits per heavy atom. The Hall–Kier alpha value is -2.38. The monoisotopic (exact) mass is 378 g/mol. The van der Waals surface area contributed by atoms with Gasteiger partial charge in [-0.3, -0.25) is 9.59 Å². The Kier molecular flexibility index (Phi) is 5.90. The van der Waals surface area contributed by atoms with Gasteiger partial charge in [-0.1, -0.05) is 28.9 Å². The smallest absolute Gasteiger partial charge is 0.305 e. The number of aliphatic carboxylic acids is 1. The Morgan fingerprint density at radius 2 is 2.19 bits per heavy atom. The molecule has 1 fully saturated rings. The van der Waals surface area contributed by atoms with Gasteiger partial charge in [-0.05, 0) is 25.0 Å².